The number of aliphatic imine (C=N–C) groups is 1. The van der Waals surface area contributed by atoms with Crippen LogP contribution in [0.5, 0.6) is 11.5 Å². The molecule has 1 aromatic carbocycles. The fourth-order valence-corrected chi connectivity index (χ4v) is 2.01. The van der Waals surface area contributed by atoms with Crippen molar-refractivity contribution < 1.29 is 27.4 Å². The molecule has 27 heavy (non-hydrogen) atoms. The van der Waals surface area contributed by atoms with Crippen LogP contribution in [0.2, 0.25) is 0 Å². The smallest absolute Gasteiger partial charge is 0.411 e. The van der Waals surface area contributed by atoms with Gasteiger partial charge in [0, 0.05) is 31.5 Å². The summed E-state index contributed by atoms with van der Waals surface area (Å²) in [4.78, 5) is 4.32. The highest BCUT2D eigenvalue weighted by Gasteiger charge is 2.27. The maximum atomic E-state index is 12.0. The number of anilines is 1. The number of benzene rings is 1. The summed E-state index contributed by atoms with van der Waals surface area (Å²) in [6.45, 7) is 4.05. The van der Waals surface area contributed by atoms with Gasteiger partial charge < -0.3 is 24.8 Å². The van der Waals surface area contributed by atoms with Crippen molar-refractivity contribution in [3.63, 3.8) is 0 Å². The van der Waals surface area contributed by atoms with Crippen LogP contribution in [0.15, 0.2) is 23.2 Å². The van der Waals surface area contributed by atoms with Crippen molar-refractivity contribution in [3.05, 3.63) is 18.2 Å². The molecule has 0 atom stereocenters. The Labute approximate surface area is 174 Å². The molecule has 0 spiro atoms. The quantitative estimate of drug-likeness (QED) is 0.218. The molecule has 0 aliphatic carbocycles. The summed E-state index contributed by atoms with van der Waals surface area (Å²) in [5.74, 6) is 1.76. The molecule has 10 heteroatoms. The van der Waals surface area contributed by atoms with Crippen LogP contribution < -0.4 is 20.1 Å². The Kier molecular flexibility index (Phi) is 13.0. The monoisotopic (exact) mass is 505 g/mol. The summed E-state index contributed by atoms with van der Waals surface area (Å²) in [7, 11) is 1.57. The molecule has 0 amide bonds. The van der Waals surface area contributed by atoms with Gasteiger partial charge in [-0.3, -0.25) is 4.99 Å². The van der Waals surface area contributed by atoms with Gasteiger partial charge in [-0.1, -0.05) is 0 Å². The van der Waals surface area contributed by atoms with E-state index in [9.17, 15) is 13.2 Å². The highest BCUT2D eigenvalue weighted by molar-refractivity contribution is 14.0. The number of rotatable bonds is 10. The molecule has 0 saturated carbocycles. The SMILES string of the molecule is CCNC(=NCCCOCC(F)(F)F)Nc1ccc(OC)c(OCC)c1.I. The van der Waals surface area contributed by atoms with Gasteiger partial charge in [0.2, 0.25) is 0 Å². The second-order valence-electron chi connectivity index (χ2n) is 5.21. The Morgan fingerprint density at radius 3 is 2.52 bits per heavy atom. The second kappa shape index (κ2) is 13.7. The largest absolute Gasteiger partial charge is 0.493 e. The molecule has 6 nitrogen and oxygen atoms in total. The van der Waals surface area contributed by atoms with E-state index >= 15 is 0 Å². The Morgan fingerprint density at radius 2 is 1.93 bits per heavy atom. The van der Waals surface area contributed by atoms with E-state index in [4.69, 9.17) is 9.47 Å². The summed E-state index contributed by atoms with van der Waals surface area (Å²) in [5.41, 5.74) is 0.752. The highest BCUT2D eigenvalue weighted by atomic mass is 127. The predicted molar refractivity (Wildman–Crippen MR) is 111 cm³/mol. The average molecular weight is 505 g/mol. The van der Waals surface area contributed by atoms with Crippen LogP contribution in [0.4, 0.5) is 18.9 Å². The zero-order valence-corrected chi connectivity index (χ0v) is 18.0. The third-order valence-electron chi connectivity index (χ3n) is 3.05. The summed E-state index contributed by atoms with van der Waals surface area (Å²) in [5, 5.41) is 6.20. The molecular formula is C17H27F3IN3O3. The van der Waals surface area contributed by atoms with Crippen LogP contribution in [0.1, 0.15) is 20.3 Å². The van der Waals surface area contributed by atoms with E-state index in [0.717, 1.165) is 5.69 Å². The van der Waals surface area contributed by atoms with Crippen molar-refractivity contribution in [3.8, 4) is 11.5 Å². The molecule has 1 rings (SSSR count). The summed E-state index contributed by atoms with van der Waals surface area (Å²) in [6.07, 6.45) is -3.91. The number of ether oxygens (including phenoxy) is 3. The lowest BCUT2D eigenvalue weighted by atomic mass is 10.2. The Morgan fingerprint density at radius 1 is 1.19 bits per heavy atom. The third-order valence-corrected chi connectivity index (χ3v) is 3.05. The van der Waals surface area contributed by atoms with Gasteiger partial charge >= 0.3 is 6.18 Å². The van der Waals surface area contributed by atoms with Crippen LogP contribution >= 0.6 is 24.0 Å². The van der Waals surface area contributed by atoms with Crippen molar-refractivity contribution in [2.24, 2.45) is 4.99 Å². The normalized spacial score (nSPS) is 11.6. The molecule has 0 aliphatic rings. The molecule has 156 valence electrons. The minimum Gasteiger partial charge on any atom is -0.493 e. The minimum absolute atomic E-state index is 0. The molecule has 0 fully saturated rings. The lowest BCUT2D eigenvalue weighted by Crippen LogP contribution is -2.30. The number of nitrogens with zero attached hydrogens (tertiary/aromatic N) is 1. The molecule has 0 radical (unpaired) electrons. The van der Waals surface area contributed by atoms with Gasteiger partial charge in [0.1, 0.15) is 6.61 Å². The lowest BCUT2D eigenvalue weighted by Gasteiger charge is -2.14. The number of nitrogens with one attached hydrogen (secondary N) is 2. The van der Waals surface area contributed by atoms with Gasteiger partial charge in [-0.15, -0.1) is 24.0 Å². The second-order valence-corrected chi connectivity index (χ2v) is 5.21. The zero-order chi connectivity index (χ0) is 19.4. The molecule has 0 heterocycles. The van der Waals surface area contributed by atoms with Crippen LogP contribution in [-0.2, 0) is 4.74 Å². The van der Waals surface area contributed by atoms with Crippen LogP contribution in [0.3, 0.4) is 0 Å². The standard InChI is InChI=1S/C17H26F3N3O3.HI/c1-4-21-16(22-9-6-10-25-12-17(18,19)20)23-13-7-8-14(24-3)15(11-13)26-5-2;/h7-8,11H,4-6,9-10,12H2,1-3H3,(H2,21,22,23);1H. The topological polar surface area (TPSA) is 64.1 Å². The Hall–Kier alpha value is -1.43. The zero-order valence-electron chi connectivity index (χ0n) is 15.7. The maximum Gasteiger partial charge on any atom is 0.411 e. The number of alkyl halides is 3. The van der Waals surface area contributed by atoms with Crippen molar-refractivity contribution in [1.29, 1.82) is 0 Å². The molecule has 2 N–H and O–H groups in total. The van der Waals surface area contributed by atoms with Crippen LogP contribution in [-0.4, -0.2) is 52.2 Å². The fourth-order valence-electron chi connectivity index (χ4n) is 2.01. The van der Waals surface area contributed by atoms with Gasteiger partial charge in [-0.05, 0) is 32.4 Å². The lowest BCUT2D eigenvalue weighted by molar-refractivity contribution is -0.173. The van der Waals surface area contributed by atoms with Crippen molar-refractivity contribution in [2.75, 3.05) is 45.3 Å². The highest BCUT2D eigenvalue weighted by Crippen LogP contribution is 2.30. The van der Waals surface area contributed by atoms with Crippen LogP contribution in [0, 0.1) is 0 Å². The number of methoxy groups -OCH3 is 1. The van der Waals surface area contributed by atoms with Gasteiger partial charge in [-0.2, -0.15) is 13.2 Å². The van der Waals surface area contributed by atoms with E-state index in [0.29, 0.717) is 43.6 Å². The Bertz CT molecular complexity index is 572. The molecule has 0 aliphatic heterocycles. The summed E-state index contributed by atoms with van der Waals surface area (Å²) in [6, 6.07) is 5.39. The molecule has 0 bridgehead atoms. The third kappa shape index (κ3) is 11.1. The first kappa shape index (κ1) is 25.6. The number of hydrogen-bond acceptors (Lipinski definition) is 4. The molecular weight excluding hydrogens is 478 g/mol. The average Bonchev–Trinajstić information content (AvgIpc) is 2.57. The van der Waals surface area contributed by atoms with E-state index in [-0.39, 0.29) is 30.6 Å². The fraction of sp³-hybridized carbons (Fsp3) is 0.588. The maximum absolute atomic E-state index is 12.0. The molecule has 0 saturated heterocycles. The summed E-state index contributed by atoms with van der Waals surface area (Å²) >= 11 is 0. The van der Waals surface area contributed by atoms with Gasteiger partial charge in [0.25, 0.3) is 0 Å². The molecule has 0 aromatic heterocycles. The first-order chi connectivity index (χ1) is 12.4. The van der Waals surface area contributed by atoms with E-state index in [2.05, 4.69) is 20.4 Å². The van der Waals surface area contributed by atoms with Crippen molar-refractivity contribution in [1.82, 2.24) is 5.32 Å². The Balaban J connectivity index is 0.00000676. The van der Waals surface area contributed by atoms with E-state index in [1.54, 1.807) is 19.2 Å². The predicted octanol–water partition coefficient (Wildman–Crippen LogP) is 4.06. The van der Waals surface area contributed by atoms with E-state index in [1.807, 2.05) is 19.9 Å². The minimum atomic E-state index is -4.30. The molecule has 0 unspecified atom stereocenters. The first-order valence-electron chi connectivity index (χ1n) is 8.40. The van der Waals surface area contributed by atoms with Gasteiger partial charge in [0.15, 0.2) is 17.5 Å². The number of hydrogen-bond donors (Lipinski definition) is 2. The van der Waals surface area contributed by atoms with Crippen molar-refractivity contribution >= 4 is 35.6 Å². The first-order valence-corrected chi connectivity index (χ1v) is 8.40. The van der Waals surface area contributed by atoms with Gasteiger partial charge in [-0.25, -0.2) is 0 Å². The number of halogens is 4. The van der Waals surface area contributed by atoms with E-state index < -0.39 is 12.8 Å². The number of guanidine groups is 1. The summed E-state index contributed by atoms with van der Waals surface area (Å²) < 4.78 is 51.3. The van der Waals surface area contributed by atoms with Crippen LogP contribution in [0.25, 0.3) is 0 Å². The van der Waals surface area contributed by atoms with Crippen molar-refractivity contribution in [2.45, 2.75) is 26.4 Å². The molecule has 1 aromatic rings. The van der Waals surface area contributed by atoms with E-state index in [1.165, 1.54) is 0 Å². The van der Waals surface area contributed by atoms with Gasteiger partial charge in [0.05, 0.1) is 13.7 Å².